The molecule has 1 aromatic heterocycles. The lowest BCUT2D eigenvalue weighted by atomic mass is 10.1. The number of nitrogens with zero attached hydrogens (tertiary/aromatic N) is 3. The van der Waals surface area contributed by atoms with Crippen LogP contribution < -0.4 is 19.7 Å². The van der Waals surface area contributed by atoms with Gasteiger partial charge in [-0.15, -0.1) is 0 Å². The highest BCUT2D eigenvalue weighted by Gasteiger charge is 2.29. The quantitative estimate of drug-likeness (QED) is 0.384. The first-order valence-electron chi connectivity index (χ1n) is 12.4. The highest BCUT2D eigenvalue weighted by atomic mass is 19.4. The molecule has 0 saturated carbocycles. The Morgan fingerprint density at radius 1 is 1.11 bits per heavy atom. The van der Waals surface area contributed by atoms with Gasteiger partial charge in [0.05, 0.1) is 12.8 Å². The maximum Gasteiger partial charge on any atom is 0.422 e. The van der Waals surface area contributed by atoms with Crippen molar-refractivity contribution in [1.82, 2.24) is 15.4 Å². The first-order chi connectivity index (χ1) is 18.2. The van der Waals surface area contributed by atoms with Gasteiger partial charge in [-0.3, -0.25) is 9.69 Å². The van der Waals surface area contributed by atoms with E-state index in [2.05, 4.69) is 20.3 Å². The van der Waals surface area contributed by atoms with Crippen LogP contribution >= 0.6 is 0 Å². The molecule has 2 aromatic carbocycles. The van der Waals surface area contributed by atoms with E-state index in [1.807, 2.05) is 30.3 Å². The maximum absolute atomic E-state index is 12.8. The fourth-order valence-electron chi connectivity index (χ4n) is 4.41. The zero-order chi connectivity index (χ0) is 27.1. The average molecular weight is 533 g/mol. The number of halogens is 3. The van der Waals surface area contributed by atoms with E-state index in [-0.39, 0.29) is 11.7 Å². The molecule has 1 N–H and O–H groups in total. The fourth-order valence-corrected chi connectivity index (χ4v) is 4.41. The van der Waals surface area contributed by atoms with E-state index in [1.165, 1.54) is 13.2 Å². The summed E-state index contributed by atoms with van der Waals surface area (Å²) in [6.45, 7) is 4.60. The molecule has 0 bridgehead atoms. The molecule has 0 unspecified atom stereocenters. The van der Waals surface area contributed by atoms with Crippen molar-refractivity contribution in [2.75, 3.05) is 57.9 Å². The number of ether oxygens (including phenoxy) is 2. The van der Waals surface area contributed by atoms with Crippen LogP contribution in [0.25, 0.3) is 11.3 Å². The SMILES string of the molecule is COc1ccc(OCC(F)(F)F)cc1N1CCN(CCCNC(=O)c2c(-c3ccccc3)noc2C)CC1. The molecule has 2 heterocycles. The van der Waals surface area contributed by atoms with Crippen LogP contribution in [0.15, 0.2) is 53.1 Å². The summed E-state index contributed by atoms with van der Waals surface area (Å²) in [6.07, 6.45) is -3.63. The van der Waals surface area contributed by atoms with E-state index in [0.717, 1.165) is 31.6 Å². The minimum atomic E-state index is -4.40. The molecule has 4 rings (SSSR count). The molecule has 1 fully saturated rings. The Bertz CT molecular complexity index is 1210. The molecule has 38 heavy (non-hydrogen) atoms. The lowest BCUT2D eigenvalue weighted by Crippen LogP contribution is -2.47. The summed E-state index contributed by atoms with van der Waals surface area (Å²) in [6, 6.07) is 14.1. The maximum atomic E-state index is 12.8. The van der Waals surface area contributed by atoms with E-state index in [9.17, 15) is 18.0 Å². The Kier molecular flexibility index (Phi) is 8.77. The van der Waals surface area contributed by atoms with Gasteiger partial charge in [0.25, 0.3) is 5.91 Å². The Hall–Kier alpha value is -3.73. The van der Waals surface area contributed by atoms with Gasteiger partial charge in [0, 0.05) is 44.4 Å². The summed E-state index contributed by atoms with van der Waals surface area (Å²) >= 11 is 0. The normalized spacial score (nSPS) is 14.4. The number of methoxy groups -OCH3 is 1. The first-order valence-corrected chi connectivity index (χ1v) is 12.4. The summed E-state index contributed by atoms with van der Waals surface area (Å²) in [4.78, 5) is 17.2. The van der Waals surface area contributed by atoms with Gasteiger partial charge < -0.3 is 24.2 Å². The molecule has 204 valence electrons. The van der Waals surface area contributed by atoms with Gasteiger partial charge >= 0.3 is 6.18 Å². The van der Waals surface area contributed by atoms with Crippen LogP contribution in [0.5, 0.6) is 11.5 Å². The number of nitrogens with one attached hydrogen (secondary N) is 1. The number of piperazine rings is 1. The van der Waals surface area contributed by atoms with Crippen LogP contribution in [0.4, 0.5) is 18.9 Å². The molecule has 3 aromatic rings. The van der Waals surface area contributed by atoms with E-state index >= 15 is 0 Å². The Morgan fingerprint density at radius 3 is 2.53 bits per heavy atom. The molecule has 1 aliphatic rings. The third kappa shape index (κ3) is 6.97. The van der Waals surface area contributed by atoms with Gasteiger partial charge in [-0.1, -0.05) is 35.5 Å². The number of carbonyl (C=O) groups is 1. The molecule has 0 atom stereocenters. The number of aromatic nitrogens is 1. The first kappa shape index (κ1) is 27.3. The number of hydrogen-bond acceptors (Lipinski definition) is 7. The Balaban J connectivity index is 1.25. The average Bonchev–Trinajstić information content (AvgIpc) is 3.31. The zero-order valence-electron chi connectivity index (χ0n) is 21.4. The smallest absolute Gasteiger partial charge is 0.422 e. The zero-order valence-corrected chi connectivity index (χ0v) is 21.4. The fraction of sp³-hybridized carbons (Fsp3) is 0.407. The monoisotopic (exact) mass is 532 g/mol. The van der Waals surface area contributed by atoms with Gasteiger partial charge in [-0.05, 0) is 32.0 Å². The predicted molar refractivity (Wildman–Crippen MR) is 137 cm³/mol. The van der Waals surface area contributed by atoms with Crippen LogP contribution in [0.3, 0.4) is 0 Å². The van der Waals surface area contributed by atoms with Crippen molar-refractivity contribution in [2.45, 2.75) is 19.5 Å². The largest absolute Gasteiger partial charge is 0.495 e. The topological polar surface area (TPSA) is 80.1 Å². The van der Waals surface area contributed by atoms with Crippen LogP contribution in [0.2, 0.25) is 0 Å². The number of carbonyl (C=O) groups excluding carboxylic acids is 1. The van der Waals surface area contributed by atoms with Gasteiger partial charge in [0.15, 0.2) is 6.61 Å². The molecule has 8 nitrogen and oxygen atoms in total. The van der Waals surface area contributed by atoms with Crippen molar-refractivity contribution in [1.29, 1.82) is 0 Å². The summed E-state index contributed by atoms with van der Waals surface area (Å²) in [7, 11) is 1.53. The third-order valence-electron chi connectivity index (χ3n) is 6.34. The van der Waals surface area contributed by atoms with E-state index in [4.69, 9.17) is 14.0 Å². The number of alkyl halides is 3. The van der Waals surface area contributed by atoms with Gasteiger partial charge in [-0.2, -0.15) is 13.2 Å². The number of benzene rings is 2. The van der Waals surface area contributed by atoms with Crippen molar-refractivity contribution in [2.24, 2.45) is 0 Å². The van der Waals surface area contributed by atoms with E-state index in [0.29, 0.717) is 48.1 Å². The van der Waals surface area contributed by atoms with Crippen molar-refractivity contribution in [3.63, 3.8) is 0 Å². The van der Waals surface area contributed by atoms with Crippen molar-refractivity contribution < 1.29 is 32.0 Å². The highest BCUT2D eigenvalue weighted by Crippen LogP contribution is 2.33. The molecular weight excluding hydrogens is 501 g/mol. The molecule has 1 amide bonds. The molecular formula is C27H31F3N4O4. The summed E-state index contributed by atoms with van der Waals surface area (Å²) in [5, 5.41) is 7.03. The summed E-state index contributed by atoms with van der Waals surface area (Å²) in [5.41, 5.74) is 2.50. The Labute approximate surface area is 219 Å². The second kappa shape index (κ2) is 12.2. The predicted octanol–water partition coefficient (Wildman–Crippen LogP) is 4.54. The second-order valence-corrected chi connectivity index (χ2v) is 9.00. The molecule has 0 aliphatic carbocycles. The molecule has 11 heteroatoms. The van der Waals surface area contributed by atoms with Crippen molar-refractivity contribution in [3.8, 4) is 22.8 Å². The van der Waals surface area contributed by atoms with Crippen molar-refractivity contribution in [3.05, 3.63) is 59.9 Å². The molecule has 1 saturated heterocycles. The van der Waals surface area contributed by atoms with Crippen LogP contribution in [0, 0.1) is 6.92 Å². The number of rotatable bonds is 10. The Morgan fingerprint density at radius 2 is 1.84 bits per heavy atom. The van der Waals surface area contributed by atoms with Gasteiger partial charge in [0.1, 0.15) is 28.5 Å². The van der Waals surface area contributed by atoms with Gasteiger partial charge in [-0.25, -0.2) is 0 Å². The number of hydrogen-bond donors (Lipinski definition) is 1. The standard InChI is InChI=1S/C27H31F3N4O4/c1-19-24(25(32-38-19)20-7-4-3-5-8-20)26(35)31-11-6-12-33-13-15-34(16-14-33)22-17-21(9-10-23(22)36-2)37-18-27(28,29)30/h3-5,7-10,17H,6,11-16,18H2,1-2H3,(H,31,35). The third-order valence-corrected chi connectivity index (χ3v) is 6.34. The number of aryl methyl sites for hydroxylation is 1. The minimum absolute atomic E-state index is 0.148. The highest BCUT2D eigenvalue weighted by molar-refractivity contribution is 6.00. The van der Waals surface area contributed by atoms with Crippen molar-refractivity contribution >= 4 is 11.6 Å². The van der Waals surface area contributed by atoms with Crippen LogP contribution in [-0.2, 0) is 0 Å². The number of anilines is 1. The molecule has 1 aliphatic heterocycles. The van der Waals surface area contributed by atoms with E-state index < -0.39 is 12.8 Å². The van der Waals surface area contributed by atoms with Crippen LogP contribution in [-0.4, -0.2) is 75.1 Å². The van der Waals surface area contributed by atoms with E-state index in [1.54, 1.807) is 19.1 Å². The lowest BCUT2D eigenvalue weighted by molar-refractivity contribution is -0.153. The minimum Gasteiger partial charge on any atom is -0.495 e. The molecule has 0 radical (unpaired) electrons. The lowest BCUT2D eigenvalue weighted by Gasteiger charge is -2.36. The van der Waals surface area contributed by atoms with Crippen LogP contribution in [0.1, 0.15) is 22.5 Å². The van der Waals surface area contributed by atoms with Gasteiger partial charge in [0.2, 0.25) is 0 Å². The second-order valence-electron chi connectivity index (χ2n) is 9.00. The summed E-state index contributed by atoms with van der Waals surface area (Å²) in [5.74, 6) is 0.988. The molecule has 0 spiro atoms. The number of amides is 1. The summed E-state index contributed by atoms with van der Waals surface area (Å²) < 4.78 is 53.2.